The molecule has 33 heavy (non-hydrogen) atoms. The number of nitrogens with zero attached hydrogens (tertiary/aromatic N) is 1. The average molecular weight is 518 g/mol. The molecule has 8 heteroatoms. The van der Waals surface area contributed by atoms with Crippen LogP contribution >= 0.6 is 46.3 Å². The van der Waals surface area contributed by atoms with Crippen molar-refractivity contribution in [3.63, 3.8) is 0 Å². The van der Waals surface area contributed by atoms with Gasteiger partial charge in [0.05, 0.1) is 15.1 Å². The molecule has 4 nitrogen and oxygen atoms in total. The fraction of sp³-hybridized carbons (Fsp3) is 0.360. The summed E-state index contributed by atoms with van der Waals surface area (Å²) in [4.78, 5) is 27.1. The molecule has 1 aromatic heterocycles. The summed E-state index contributed by atoms with van der Waals surface area (Å²) in [5.74, 6) is 2.00. The van der Waals surface area contributed by atoms with Gasteiger partial charge in [-0.3, -0.25) is 14.2 Å². The quantitative estimate of drug-likeness (QED) is 0.430. The average Bonchev–Trinajstić information content (AvgIpc) is 3.50. The van der Waals surface area contributed by atoms with Crippen LogP contribution in [0, 0.1) is 17.8 Å². The first-order valence-corrected chi connectivity index (χ1v) is 13.6. The van der Waals surface area contributed by atoms with E-state index in [-0.39, 0.29) is 23.2 Å². The lowest BCUT2D eigenvalue weighted by atomic mass is 9.75. The highest BCUT2D eigenvalue weighted by atomic mass is 35.5. The molecule has 0 unspecified atom stereocenters. The number of fused-ring (bicyclic) bond motifs is 6. The zero-order chi connectivity index (χ0) is 22.7. The number of nitrogens with one attached hydrogen (secondary N) is 1. The maximum atomic E-state index is 13.1. The molecule has 1 N–H and O–H groups in total. The van der Waals surface area contributed by atoms with Crippen molar-refractivity contribution in [1.82, 2.24) is 4.57 Å². The summed E-state index contributed by atoms with van der Waals surface area (Å²) in [5.41, 5.74) is 1.85. The van der Waals surface area contributed by atoms with Gasteiger partial charge >= 0.3 is 4.87 Å². The monoisotopic (exact) mass is 516 g/mol. The highest BCUT2D eigenvalue weighted by Gasteiger charge is 2.55. The number of thioether (sulfide) groups is 1. The molecule has 2 aromatic carbocycles. The Morgan fingerprint density at radius 1 is 1.06 bits per heavy atom. The minimum absolute atomic E-state index is 0.00902. The molecule has 1 aliphatic heterocycles. The van der Waals surface area contributed by atoms with E-state index >= 15 is 0 Å². The van der Waals surface area contributed by atoms with Crippen molar-refractivity contribution in [2.75, 3.05) is 5.32 Å². The summed E-state index contributed by atoms with van der Waals surface area (Å²) < 4.78 is 1.68. The van der Waals surface area contributed by atoms with Crippen LogP contribution in [0.25, 0.3) is 0 Å². The van der Waals surface area contributed by atoms with Gasteiger partial charge in [-0.05, 0) is 60.8 Å². The van der Waals surface area contributed by atoms with E-state index < -0.39 is 0 Å². The number of halogens is 2. The summed E-state index contributed by atoms with van der Waals surface area (Å²) in [6.45, 7) is -0.00902. The lowest BCUT2D eigenvalue weighted by Gasteiger charge is -2.40. The topological polar surface area (TPSA) is 51.1 Å². The van der Waals surface area contributed by atoms with Gasteiger partial charge in [-0.2, -0.15) is 0 Å². The third kappa shape index (κ3) is 3.75. The molecule has 0 saturated heterocycles. The molecular formula is C25H22Cl2N2O2S2. The number of benzene rings is 2. The zero-order valence-electron chi connectivity index (χ0n) is 17.7. The van der Waals surface area contributed by atoms with Crippen LogP contribution in [0.2, 0.25) is 10.0 Å². The van der Waals surface area contributed by atoms with E-state index in [1.54, 1.807) is 22.8 Å². The highest BCUT2D eigenvalue weighted by molar-refractivity contribution is 8.00. The Bertz CT molecular complexity index is 1290. The van der Waals surface area contributed by atoms with E-state index in [9.17, 15) is 9.59 Å². The second kappa shape index (κ2) is 8.49. The standard InChI is InChI=1S/C25H22Cl2N2O2S2/c26-17-9-8-16(11-18(17)27)28-19(30)12-29-24-23(33-25(29)31)20(13-4-2-1-3-5-13)21-14-6-7-15(10-14)22(21)32-24/h1-5,8-9,11,14-15,20-22H,6-7,10,12H2,(H,28,30)/t14-,15-,20-,21-,22+/m0/s1. The van der Waals surface area contributed by atoms with Gasteiger partial charge in [-0.25, -0.2) is 0 Å². The fourth-order valence-electron chi connectivity index (χ4n) is 6.04. The van der Waals surface area contributed by atoms with Crippen LogP contribution in [0.3, 0.4) is 0 Å². The van der Waals surface area contributed by atoms with Crippen molar-refractivity contribution < 1.29 is 4.79 Å². The van der Waals surface area contributed by atoms with Crippen LogP contribution in [0.15, 0.2) is 58.4 Å². The minimum Gasteiger partial charge on any atom is -0.324 e. The second-order valence-electron chi connectivity index (χ2n) is 9.18. The number of amides is 1. The number of hydrogen-bond donors (Lipinski definition) is 1. The Morgan fingerprint density at radius 2 is 1.85 bits per heavy atom. The predicted octanol–water partition coefficient (Wildman–Crippen LogP) is 6.51. The van der Waals surface area contributed by atoms with Gasteiger partial charge in [-0.1, -0.05) is 64.9 Å². The zero-order valence-corrected chi connectivity index (χ0v) is 20.8. The molecule has 5 atom stereocenters. The van der Waals surface area contributed by atoms with Gasteiger partial charge in [0.25, 0.3) is 0 Å². The number of carbonyl (C=O) groups is 1. The van der Waals surface area contributed by atoms with E-state index in [1.807, 2.05) is 17.8 Å². The SMILES string of the molecule is O=C(Cn1c2c(sc1=O)[C@@H](c1ccccc1)[C@@H]1[C@H]3CC[C@@H](C3)[C@H]1S2)Nc1ccc(Cl)c(Cl)c1. The van der Waals surface area contributed by atoms with Gasteiger partial charge in [0.1, 0.15) is 6.54 Å². The van der Waals surface area contributed by atoms with E-state index in [4.69, 9.17) is 23.2 Å². The number of anilines is 1. The van der Waals surface area contributed by atoms with Crippen LogP contribution in [-0.2, 0) is 11.3 Å². The van der Waals surface area contributed by atoms with Gasteiger partial charge in [0.2, 0.25) is 5.91 Å². The lowest BCUT2D eigenvalue weighted by molar-refractivity contribution is -0.116. The van der Waals surface area contributed by atoms with Crippen molar-refractivity contribution in [1.29, 1.82) is 0 Å². The van der Waals surface area contributed by atoms with Crippen molar-refractivity contribution >= 4 is 57.9 Å². The summed E-state index contributed by atoms with van der Waals surface area (Å²) in [6.07, 6.45) is 3.87. The van der Waals surface area contributed by atoms with Gasteiger partial charge < -0.3 is 5.32 Å². The molecule has 1 amide bonds. The van der Waals surface area contributed by atoms with E-state index in [0.29, 0.717) is 32.8 Å². The van der Waals surface area contributed by atoms with Crippen molar-refractivity contribution in [3.8, 4) is 0 Å². The Hall–Kier alpha value is -1.73. The maximum Gasteiger partial charge on any atom is 0.308 e. The molecule has 170 valence electrons. The first kappa shape index (κ1) is 21.8. The van der Waals surface area contributed by atoms with Gasteiger partial charge in [0, 0.05) is 21.7 Å². The lowest BCUT2D eigenvalue weighted by Crippen LogP contribution is -2.34. The smallest absolute Gasteiger partial charge is 0.308 e. The third-order valence-corrected chi connectivity index (χ3v) is 10.9. The van der Waals surface area contributed by atoms with Crippen LogP contribution in [0.4, 0.5) is 5.69 Å². The Balaban J connectivity index is 1.35. The molecule has 3 aliphatic rings. The molecule has 2 fully saturated rings. The second-order valence-corrected chi connectivity index (χ2v) is 12.2. The highest BCUT2D eigenvalue weighted by Crippen LogP contribution is 2.63. The molecule has 2 saturated carbocycles. The van der Waals surface area contributed by atoms with E-state index in [2.05, 4.69) is 29.6 Å². The molecule has 3 aromatic rings. The van der Waals surface area contributed by atoms with Crippen LogP contribution in [0.5, 0.6) is 0 Å². The summed E-state index contributed by atoms with van der Waals surface area (Å²) in [5, 5.41) is 5.16. The molecular weight excluding hydrogens is 495 g/mol. The van der Waals surface area contributed by atoms with E-state index in [0.717, 1.165) is 15.8 Å². The first-order valence-electron chi connectivity index (χ1n) is 11.2. The van der Waals surface area contributed by atoms with Crippen LogP contribution in [0.1, 0.15) is 35.6 Å². The van der Waals surface area contributed by atoms with E-state index in [1.165, 1.54) is 36.2 Å². The third-order valence-electron chi connectivity index (χ3n) is 7.35. The van der Waals surface area contributed by atoms with Crippen molar-refractivity contribution in [2.45, 2.75) is 42.0 Å². The maximum absolute atomic E-state index is 13.1. The molecule has 2 bridgehead atoms. The number of hydrogen-bond acceptors (Lipinski definition) is 4. The van der Waals surface area contributed by atoms with Crippen molar-refractivity contribution in [2.24, 2.45) is 17.8 Å². The molecule has 0 radical (unpaired) electrons. The molecule has 6 rings (SSSR count). The molecule has 2 heterocycles. The predicted molar refractivity (Wildman–Crippen MR) is 136 cm³/mol. The van der Waals surface area contributed by atoms with Gasteiger partial charge in [-0.15, -0.1) is 11.8 Å². The Morgan fingerprint density at radius 3 is 2.64 bits per heavy atom. The van der Waals surface area contributed by atoms with Crippen molar-refractivity contribution in [3.05, 3.63) is 78.7 Å². The summed E-state index contributed by atoms with van der Waals surface area (Å²) >= 11 is 15.2. The Kier molecular flexibility index (Phi) is 5.60. The number of carbonyl (C=O) groups excluding carboxylic acids is 1. The normalized spacial score (nSPS) is 27.3. The number of rotatable bonds is 4. The van der Waals surface area contributed by atoms with Crippen LogP contribution in [-0.4, -0.2) is 15.7 Å². The van der Waals surface area contributed by atoms with Gasteiger partial charge in [0.15, 0.2) is 0 Å². The van der Waals surface area contributed by atoms with Crippen LogP contribution < -0.4 is 10.2 Å². The fourth-order valence-corrected chi connectivity index (χ4v) is 9.49. The molecule has 2 aliphatic carbocycles. The number of aromatic nitrogens is 1. The summed E-state index contributed by atoms with van der Waals surface area (Å²) in [7, 11) is 0. The first-order chi connectivity index (χ1) is 16.0. The summed E-state index contributed by atoms with van der Waals surface area (Å²) in [6, 6.07) is 15.6. The minimum atomic E-state index is -0.247. The Labute approximate surface area is 210 Å². The molecule has 0 spiro atoms. The largest absolute Gasteiger partial charge is 0.324 e. The number of thiazole rings is 1.